The highest BCUT2D eigenvalue weighted by Crippen LogP contribution is 2.26. The van der Waals surface area contributed by atoms with Gasteiger partial charge in [0, 0.05) is 17.5 Å². The summed E-state index contributed by atoms with van der Waals surface area (Å²) in [5.74, 6) is 0. The summed E-state index contributed by atoms with van der Waals surface area (Å²) in [7, 11) is 1.91. The molecule has 21 heavy (non-hydrogen) atoms. The molecule has 0 fully saturated rings. The van der Waals surface area contributed by atoms with Crippen molar-refractivity contribution in [3.8, 4) is 6.07 Å². The minimum Gasteiger partial charge on any atom is -0.363 e. The predicted octanol–water partition coefficient (Wildman–Crippen LogP) is 3.75. The van der Waals surface area contributed by atoms with Gasteiger partial charge in [0.2, 0.25) is 0 Å². The second-order valence-electron chi connectivity index (χ2n) is 5.29. The number of hydrogen-bond acceptors (Lipinski definition) is 4. The molecule has 1 N–H and O–H groups in total. The number of benzene rings is 1. The fourth-order valence-corrected chi connectivity index (χ4v) is 3.06. The van der Waals surface area contributed by atoms with Gasteiger partial charge in [-0.2, -0.15) is 5.26 Å². The molecule has 1 aromatic carbocycles. The zero-order valence-electron chi connectivity index (χ0n) is 12.8. The predicted molar refractivity (Wildman–Crippen MR) is 89.6 cm³/mol. The largest absolute Gasteiger partial charge is 0.363 e. The maximum atomic E-state index is 9.47. The van der Waals surface area contributed by atoms with Crippen LogP contribution < -0.4 is 10.2 Å². The van der Waals surface area contributed by atoms with Gasteiger partial charge in [-0.05, 0) is 50.0 Å². The van der Waals surface area contributed by atoms with Crippen LogP contribution in [0.3, 0.4) is 0 Å². The Labute approximate surface area is 130 Å². The summed E-state index contributed by atoms with van der Waals surface area (Å²) in [5, 5.41) is 14.7. The highest BCUT2D eigenvalue weighted by molar-refractivity contribution is 7.09. The highest BCUT2D eigenvalue weighted by Gasteiger charge is 2.16. The van der Waals surface area contributed by atoms with E-state index >= 15 is 0 Å². The van der Waals surface area contributed by atoms with Crippen LogP contribution in [0.15, 0.2) is 35.7 Å². The molecule has 4 heteroatoms. The number of nitrogens with one attached hydrogen (secondary N) is 1. The summed E-state index contributed by atoms with van der Waals surface area (Å²) >= 11 is 1.75. The van der Waals surface area contributed by atoms with E-state index < -0.39 is 0 Å². The molecule has 0 atom stereocenters. The maximum Gasteiger partial charge on any atom is 0.101 e. The van der Waals surface area contributed by atoms with Crippen LogP contribution in [-0.4, -0.2) is 13.1 Å². The van der Waals surface area contributed by atoms with E-state index in [2.05, 4.69) is 59.8 Å². The average Bonchev–Trinajstić information content (AvgIpc) is 2.98. The summed E-state index contributed by atoms with van der Waals surface area (Å²) in [5.41, 5.74) is 2.89. The van der Waals surface area contributed by atoms with E-state index in [0.29, 0.717) is 6.04 Å². The Kier molecular flexibility index (Phi) is 5.38. The van der Waals surface area contributed by atoms with E-state index in [1.165, 1.54) is 4.88 Å². The topological polar surface area (TPSA) is 39.1 Å². The average molecular weight is 299 g/mol. The van der Waals surface area contributed by atoms with Gasteiger partial charge in [-0.25, -0.2) is 0 Å². The molecule has 0 saturated carbocycles. The fourth-order valence-electron chi connectivity index (χ4n) is 2.35. The molecule has 2 aromatic rings. The molecule has 0 aliphatic carbocycles. The van der Waals surface area contributed by atoms with Crippen molar-refractivity contribution >= 4 is 17.0 Å². The van der Waals surface area contributed by atoms with Gasteiger partial charge in [0.15, 0.2) is 0 Å². The second kappa shape index (κ2) is 7.26. The van der Waals surface area contributed by atoms with Crippen LogP contribution in [0, 0.1) is 11.3 Å². The van der Waals surface area contributed by atoms with Gasteiger partial charge in [0.05, 0.1) is 17.8 Å². The summed E-state index contributed by atoms with van der Waals surface area (Å²) in [6.07, 6.45) is 0. The minimum atomic E-state index is 0.342. The molecule has 3 nitrogen and oxygen atoms in total. The Balaban J connectivity index is 2.33. The monoisotopic (exact) mass is 299 g/mol. The van der Waals surface area contributed by atoms with Crippen LogP contribution in [0.1, 0.15) is 29.9 Å². The van der Waals surface area contributed by atoms with E-state index in [1.807, 2.05) is 13.1 Å². The normalized spacial score (nSPS) is 10.6. The standard InChI is InChI=1S/C17H21N3S/c1-13(2)20(12-16-5-4-8-21-16)17-7-6-14(11-19-3)9-15(17)10-18/h4-9,13,19H,11-12H2,1-3H3. The number of rotatable bonds is 6. The molecule has 0 amide bonds. The maximum absolute atomic E-state index is 9.47. The van der Waals surface area contributed by atoms with E-state index in [4.69, 9.17) is 0 Å². The number of thiophene rings is 1. The van der Waals surface area contributed by atoms with Crippen molar-refractivity contribution in [3.05, 3.63) is 51.7 Å². The van der Waals surface area contributed by atoms with Gasteiger partial charge in [-0.3, -0.25) is 0 Å². The third-order valence-electron chi connectivity index (χ3n) is 3.40. The Morgan fingerprint density at radius 1 is 1.33 bits per heavy atom. The number of nitriles is 1. The van der Waals surface area contributed by atoms with Crippen molar-refractivity contribution in [2.45, 2.75) is 33.0 Å². The van der Waals surface area contributed by atoms with Crippen LogP contribution >= 0.6 is 11.3 Å². The lowest BCUT2D eigenvalue weighted by molar-refractivity contribution is 0.686. The van der Waals surface area contributed by atoms with Crippen LogP contribution in [0.2, 0.25) is 0 Å². The van der Waals surface area contributed by atoms with Crippen molar-refractivity contribution < 1.29 is 0 Å². The van der Waals surface area contributed by atoms with E-state index in [0.717, 1.165) is 29.9 Å². The third-order valence-corrected chi connectivity index (χ3v) is 4.26. The Bertz CT molecular complexity index is 611. The summed E-state index contributed by atoms with van der Waals surface area (Å²) in [6.45, 7) is 5.95. The zero-order valence-corrected chi connectivity index (χ0v) is 13.6. The van der Waals surface area contributed by atoms with Crippen LogP contribution in [0.25, 0.3) is 0 Å². The first kappa shape index (κ1) is 15.6. The van der Waals surface area contributed by atoms with Crippen molar-refractivity contribution in [3.63, 3.8) is 0 Å². The van der Waals surface area contributed by atoms with Gasteiger partial charge in [-0.15, -0.1) is 11.3 Å². The molecule has 110 valence electrons. The van der Waals surface area contributed by atoms with Crippen molar-refractivity contribution in [2.24, 2.45) is 0 Å². The quantitative estimate of drug-likeness (QED) is 0.883. The molecular weight excluding hydrogens is 278 g/mol. The smallest absolute Gasteiger partial charge is 0.101 e. The van der Waals surface area contributed by atoms with Crippen molar-refractivity contribution in [2.75, 3.05) is 11.9 Å². The summed E-state index contributed by atoms with van der Waals surface area (Å²) in [4.78, 5) is 3.60. The molecular formula is C17H21N3S. The summed E-state index contributed by atoms with van der Waals surface area (Å²) < 4.78 is 0. The van der Waals surface area contributed by atoms with Gasteiger partial charge in [0.1, 0.15) is 6.07 Å². The van der Waals surface area contributed by atoms with Crippen LogP contribution in [0.4, 0.5) is 5.69 Å². The third kappa shape index (κ3) is 3.84. The zero-order chi connectivity index (χ0) is 15.2. The Hall–Kier alpha value is -1.83. The SMILES string of the molecule is CNCc1ccc(N(Cc2cccs2)C(C)C)c(C#N)c1. The van der Waals surface area contributed by atoms with Gasteiger partial charge in [-0.1, -0.05) is 12.1 Å². The highest BCUT2D eigenvalue weighted by atomic mass is 32.1. The molecule has 0 spiro atoms. The number of anilines is 1. The van der Waals surface area contributed by atoms with Gasteiger partial charge >= 0.3 is 0 Å². The van der Waals surface area contributed by atoms with E-state index in [9.17, 15) is 5.26 Å². The van der Waals surface area contributed by atoms with E-state index in [-0.39, 0.29) is 0 Å². The molecule has 0 bridgehead atoms. The number of nitrogens with zero attached hydrogens (tertiary/aromatic N) is 2. The lowest BCUT2D eigenvalue weighted by Gasteiger charge is -2.29. The molecule has 0 saturated heterocycles. The Morgan fingerprint density at radius 2 is 2.14 bits per heavy atom. The first-order valence-electron chi connectivity index (χ1n) is 7.12. The van der Waals surface area contributed by atoms with Crippen LogP contribution in [0.5, 0.6) is 0 Å². The molecule has 0 unspecified atom stereocenters. The number of hydrogen-bond donors (Lipinski definition) is 1. The van der Waals surface area contributed by atoms with E-state index in [1.54, 1.807) is 11.3 Å². The first-order chi connectivity index (χ1) is 10.2. The van der Waals surface area contributed by atoms with Gasteiger partial charge in [0.25, 0.3) is 0 Å². The first-order valence-corrected chi connectivity index (χ1v) is 8.00. The van der Waals surface area contributed by atoms with Crippen molar-refractivity contribution in [1.82, 2.24) is 5.32 Å². The molecule has 2 rings (SSSR count). The Morgan fingerprint density at radius 3 is 2.71 bits per heavy atom. The molecule has 1 aromatic heterocycles. The molecule has 0 radical (unpaired) electrons. The lowest BCUT2D eigenvalue weighted by Crippen LogP contribution is -2.30. The fraction of sp³-hybridized carbons (Fsp3) is 0.353. The molecule has 1 heterocycles. The van der Waals surface area contributed by atoms with Gasteiger partial charge < -0.3 is 10.2 Å². The van der Waals surface area contributed by atoms with Crippen LogP contribution in [-0.2, 0) is 13.1 Å². The lowest BCUT2D eigenvalue weighted by atomic mass is 10.1. The minimum absolute atomic E-state index is 0.342. The molecule has 0 aliphatic heterocycles. The van der Waals surface area contributed by atoms with Crippen molar-refractivity contribution in [1.29, 1.82) is 5.26 Å². The molecule has 0 aliphatic rings. The second-order valence-corrected chi connectivity index (χ2v) is 6.33. The summed E-state index contributed by atoms with van der Waals surface area (Å²) in [6, 6.07) is 13.0.